The van der Waals surface area contributed by atoms with Crippen LogP contribution in [-0.2, 0) is 16.1 Å². The van der Waals surface area contributed by atoms with Gasteiger partial charge < -0.3 is 15.0 Å². The second-order valence-electron chi connectivity index (χ2n) is 5.00. The van der Waals surface area contributed by atoms with Gasteiger partial charge in [-0.05, 0) is 22.6 Å². The van der Waals surface area contributed by atoms with E-state index in [9.17, 15) is 18.0 Å². The molecule has 3 aromatic heterocycles. The molecule has 1 N–H and O–H groups in total. The first-order valence-corrected chi connectivity index (χ1v) is 7.21. The Morgan fingerprint density at radius 3 is 2.37 bits per heavy atom. The van der Waals surface area contributed by atoms with Crippen LogP contribution in [0.1, 0.15) is 6.42 Å². The van der Waals surface area contributed by atoms with E-state index in [1.807, 2.05) is 35.2 Å². The molecule has 3 heterocycles. The zero-order chi connectivity index (χ0) is 20.0. The van der Waals surface area contributed by atoms with E-state index in [2.05, 4.69) is 20.6 Å². The number of aliphatic carboxylic acids is 2. The van der Waals surface area contributed by atoms with E-state index < -0.39 is 18.1 Å². The van der Waals surface area contributed by atoms with Crippen LogP contribution in [0.25, 0.3) is 16.9 Å². The van der Waals surface area contributed by atoms with E-state index in [0.29, 0.717) is 12.2 Å². The number of carboxylic acid groups (broad SMARTS) is 2. The molecule has 0 aliphatic carbocycles. The number of rotatable bonds is 4. The number of aromatic nitrogens is 6. The van der Waals surface area contributed by atoms with E-state index in [4.69, 9.17) is 15.0 Å². The normalized spacial score (nSPS) is 10.9. The molecule has 0 bridgehead atoms. The highest BCUT2D eigenvalue weighted by atomic mass is 19.4. The van der Waals surface area contributed by atoms with Crippen LogP contribution >= 0.6 is 0 Å². The number of carbonyl (C=O) groups excluding carboxylic acids is 1. The first-order chi connectivity index (χ1) is 12.7. The second-order valence-corrected chi connectivity index (χ2v) is 5.00. The number of hydrogen-bond donors (Lipinski definition) is 1. The number of nitrogens with zero attached hydrogens (tertiary/aromatic N) is 6. The lowest BCUT2D eigenvalue weighted by atomic mass is 10.2. The van der Waals surface area contributed by atoms with Crippen molar-refractivity contribution in [3.63, 3.8) is 0 Å². The van der Waals surface area contributed by atoms with Crippen molar-refractivity contribution in [3.8, 4) is 11.3 Å². The van der Waals surface area contributed by atoms with Crippen LogP contribution in [0.3, 0.4) is 0 Å². The second kappa shape index (κ2) is 8.16. The summed E-state index contributed by atoms with van der Waals surface area (Å²) in [7, 11) is 0. The van der Waals surface area contributed by atoms with Crippen molar-refractivity contribution < 1.29 is 37.5 Å². The number of hydrogen-bond acceptors (Lipinski definition) is 7. The summed E-state index contributed by atoms with van der Waals surface area (Å²) in [5.41, 5.74) is 2.24. The molecule has 10 nitrogen and oxygen atoms in total. The first kappa shape index (κ1) is 19.7. The maximum Gasteiger partial charge on any atom is 0.430 e. The number of halogens is 3. The highest BCUT2D eigenvalue weighted by Gasteiger charge is 2.28. The molecule has 0 radical (unpaired) electrons. The van der Waals surface area contributed by atoms with Gasteiger partial charge in [-0.3, -0.25) is 4.79 Å². The summed E-state index contributed by atoms with van der Waals surface area (Å²) in [6.45, 7) is 0.440. The van der Waals surface area contributed by atoms with E-state index in [1.165, 1.54) is 4.63 Å². The molecule has 0 saturated carbocycles. The van der Waals surface area contributed by atoms with Gasteiger partial charge in [0, 0.05) is 17.7 Å². The summed E-state index contributed by atoms with van der Waals surface area (Å²) < 4.78 is 34.7. The lowest BCUT2D eigenvalue weighted by Gasteiger charge is -2.03. The maximum atomic E-state index is 10.5. The van der Waals surface area contributed by atoms with Gasteiger partial charge in [-0.15, -0.1) is 14.8 Å². The number of carboxylic acids is 2. The SMILES string of the molecule is O=C(O)CC[n+]1ccc(-c2ccc3nnnn3n2)cc1.O=C([O-])C(F)(F)F. The molecule has 3 aromatic rings. The number of alkyl halides is 3. The molecule has 27 heavy (non-hydrogen) atoms. The Morgan fingerprint density at radius 2 is 1.81 bits per heavy atom. The predicted molar refractivity (Wildman–Crippen MR) is 77.5 cm³/mol. The van der Waals surface area contributed by atoms with Gasteiger partial charge in [0.1, 0.15) is 12.4 Å². The summed E-state index contributed by atoms with van der Waals surface area (Å²) in [5, 5.41) is 32.8. The molecular formula is C14H11F3N6O4. The summed E-state index contributed by atoms with van der Waals surface area (Å²) in [4.78, 5) is 19.3. The van der Waals surface area contributed by atoms with Gasteiger partial charge in [-0.2, -0.15) is 13.2 Å². The van der Waals surface area contributed by atoms with E-state index in [0.717, 1.165) is 11.3 Å². The molecule has 0 aromatic carbocycles. The molecule has 142 valence electrons. The average Bonchev–Trinajstić information content (AvgIpc) is 3.08. The third kappa shape index (κ3) is 5.69. The summed E-state index contributed by atoms with van der Waals surface area (Å²) in [6, 6.07) is 7.37. The quantitative estimate of drug-likeness (QED) is 0.580. The van der Waals surface area contributed by atoms with Gasteiger partial charge >= 0.3 is 12.1 Å². The van der Waals surface area contributed by atoms with Crippen molar-refractivity contribution in [1.82, 2.24) is 25.3 Å². The summed E-state index contributed by atoms with van der Waals surface area (Å²) in [6.07, 6.45) is -1.45. The number of fused-ring (bicyclic) bond motifs is 1. The summed E-state index contributed by atoms with van der Waals surface area (Å²) in [5.74, 6) is -3.82. The molecule has 3 rings (SSSR count). The lowest BCUT2D eigenvalue weighted by molar-refractivity contribution is -0.695. The number of pyridine rings is 1. The van der Waals surface area contributed by atoms with E-state index >= 15 is 0 Å². The fourth-order valence-electron chi connectivity index (χ4n) is 1.81. The highest BCUT2D eigenvalue weighted by molar-refractivity contribution is 5.70. The van der Waals surface area contributed by atoms with Gasteiger partial charge in [-0.25, -0.2) is 4.57 Å². The third-order valence-electron chi connectivity index (χ3n) is 3.07. The number of tetrazole rings is 1. The van der Waals surface area contributed by atoms with Crippen LogP contribution in [0.5, 0.6) is 0 Å². The molecular weight excluding hydrogens is 373 g/mol. The standard InChI is InChI=1S/C12H10N6O2.C2HF3O2/c19-12(20)5-8-17-6-3-9(4-7-17)10-1-2-11-13-15-16-18(11)14-10;3-2(4,5)1(6)7/h1-4,6-7H,5,8H2;(H,6,7). The fraction of sp³-hybridized carbons (Fsp3) is 0.214. The predicted octanol–water partition coefficient (Wildman–Crippen LogP) is -0.753. The summed E-state index contributed by atoms with van der Waals surface area (Å²) >= 11 is 0. The molecule has 0 amide bonds. The lowest BCUT2D eigenvalue weighted by Crippen LogP contribution is -2.37. The molecule has 0 aliphatic heterocycles. The zero-order valence-corrected chi connectivity index (χ0v) is 13.4. The van der Waals surface area contributed by atoms with Crippen molar-refractivity contribution >= 4 is 17.6 Å². The van der Waals surface area contributed by atoms with Gasteiger partial charge in [0.25, 0.3) is 0 Å². The smallest absolute Gasteiger partial charge is 0.430 e. The van der Waals surface area contributed by atoms with Crippen LogP contribution in [0.4, 0.5) is 13.2 Å². The van der Waals surface area contributed by atoms with Crippen LogP contribution in [0.2, 0.25) is 0 Å². The third-order valence-corrected chi connectivity index (χ3v) is 3.07. The van der Waals surface area contributed by atoms with E-state index in [-0.39, 0.29) is 6.42 Å². The Bertz CT molecular complexity index is 942. The van der Waals surface area contributed by atoms with Crippen molar-refractivity contribution in [3.05, 3.63) is 36.7 Å². The van der Waals surface area contributed by atoms with Crippen molar-refractivity contribution in [2.75, 3.05) is 0 Å². The Hall–Kier alpha value is -3.64. The van der Waals surface area contributed by atoms with Gasteiger partial charge in [0.15, 0.2) is 24.6 Å². The van der Waals surface area contributed by atoms with Gasteiger partial charge in [0.05, 0.1) is 5.69 Å². The molecule has 0 aliphatic rings. The molecule has 0 atom stereocenters. The van der Waals surface area contributed by atoms with Crippen molar-refractivity contribution in [2.45, 2.75) is 19.1 Å². The molecule has 13 heteroatoms. The van der Waals surface area contributed by atoms with Crippen LogP contribution in [-0.4, -0.2) is 48.5 Å². The molecule has 0 unspecified atom stereocenters. The first-order valence-electron chi connectivity index (χ1n) is 7.21. The molecule has 0 saturated heterocycles. The zero-order valence-electron chi connectivity index (χ0n) is 13.4. The Labute approximate surface area is 148 Å². The minimum Gasteiger partial charge on any atom is -0.542 e. The maximum absolute atomic E-state index is 10.5. The molecule has 0 fully saturated rings. The van der Waals surface area contributed by atoms with Crippen molar-refractivity contribution in [2.24, 2.45) is 0 Å². The van der Waals surface area contributed by atoms with Gasteiger partial charge in [0.2, 0.25) is 0 Å². The average molecular weight is 384 g/mol. The Balaban J connectivity index is 0.000000321. The molecule has 0 spiro atoms. The van der Waals surface area contributed by atoms with Crippen LogP contribution < -0.4 is 9.67 Å². The Morgan fingerprint density at radius 1 is 1.19 bits per heavy atom. The highest BCUT2D eigenvalue weighted by Crippen LogP contribution is 2.14. The topological polar surface area (TPSA) is 137 Å². The van der Waals surface area contributed by atoms with Crippen LogP contribution in [0.15, 0.2) is 36.7 Å². The van der Waals surface area contributed by atoms with Crippen LogP contribution in [0, 0.1) is 0 Å². The fourth-order valence-corrected chi connectivity index (χ4v) is 1.81. The van der Waals surface area contributed by atoms with Crippen molar-refractivity contribution in [1.29, 1.82) is 0 Å². The largest absolute Gasteiger partial charge is 0.542 e. The Kier molecular flexibility index (Phi) is 5.95. The number of carbonyl (C=O) groups is 2. The minimum absolute atomic E-state index is 0.0961. The number of aryl methyl sites for hydroxylation is 1. The minimum atomic E-state index is -5.19. The van der Waals surface area contributed by atoms with Gasteiger partial charge in [-0.1, -0.05) is 0 Å². The van der Waals surface area contributed by atoms with E-state index in [1.54, 1.807) is 6.07 Å². The monoisotopic (exact) mass is 384 g/mol.